The van der Waals surface area contributed by atoms with Crippen molar-refractivity contribution in [2.75, 3.05) is 20.6 Å². The van der Waals surface area contributed by atoms with Gasteiger partial charge < -0.3 is 5.32 Å². The average Bonchev–Trinajstić information content (AvgIpc) is 2.79. The van der Waals surface area contributed by atoms with Crippen LogP contribution < -0.4 is 5.32 Å². The highest BCUT2D eigenvalue weighted by Crippen LogP contribution is 2.23. The number of allylic oxidation sites excluding steroid dienone is 1. The standard InChI is InChI=1S/C12H20N2O2S2/c1-4-5-6-7-14(3)18(15,16)12-8-11(9-13-2)10-17-12/h4,8,10,13H,1,5-7,9H2,2-3H3. The predicted molar refractivity (Wildman–Crippen MR) is 76.3 cm³/mol. The van der Waals surface area contributed by atoms with E-state index in [9.17, 15) is 8.42 Å². The fraction of sp³-hybridized carbons (Fsp3) is 0.500. The number of nitrogens with one attached hydrogen (secondary N) is 1. The van der Waals surface area contributed by atoms with E-state index in [2.05, 4.69) is 11.9 Å². The largest absolute Gasteiger partial charge is 0.316 e. The Bertz CT molecular complexity index is 480. The van der Waals surface area contributed by atoms with Crippen LogP contribution in [-0.2, 0) is 16.6 Å². The van der Waals surface area contributed by atoms with Gasteiger partial charge in [-0.3, -0.25) is 0 Å². The average molecular weight is 288 g/mol. The quantitative estimate of drug-likeness (QED) is 0.588. The maximum atomic E-state index is 12.2. The highest BCUT2D eigenvalue weighted by Gasteiger charge is 2.22. The molecule has 0 aromatic carbocycles. The van der Waals surface area contributed by atoms with Gasteiger partial charge in [-0.15, -0.1) is 17.9 Å². The van der Waals surface area contributed by atoms with E-state index in [1.54, 1.807) is 19.2 Å². The third-order valence-corrected chi connectivity index (χ3v) is 5.88. The van der Waals surface area contributed by atoms with Crippen LogP contribution in [0.25, 0.3) is 0 Å². The van der Waals surface area contributed by atoms with Gasteiger partial charge in [-0.1, -0.05) is 6.08 Å². The van der Waals surface area contributed by atoms with Crippen molar-refractivity contribution in [1.29, 1.82) is 0 Å². The summed E-state index contributed by atoms with van der Waals surface area (Å²) in [6.07, 6.45) is 3.43. The fourth-order valence-electron chi connectivity index (χ4n) is 1.52. The van der Waals surface area contributed by atoms with Crippen LogP contribution in [0.5, 0.6) is 0 Å². The second-order valence-corrected chi connectivity index (χ2v) is 7.24. The van der Waals surface area contributed by atoms with Gasteiger partial charge in [0.15, 0.2) is 0 Å². The second kappa shape index (κ2) is 7.04. The van der Waals surface area contributed by atoms with Crippen molar-refractivity contribution in [1.82, 2.24) is 9.62 Å². The first-order valence-electron chi connectivity index (χ1n) is 5.81. The molecule has 0 radical (unpaired) electrons. The highest BCUT2D eigenvalue weighted by molar-refractivity contribution is 7.91. The Balaban J connectivity index is 2.74. The lowest BCUT2D eigenvalue weighted by atomic mass is 10.3. The Morgan fingerprint density at radius 2 is 2.28 bits per heavy atom. The summed E-state index contributed by atoms with van der Waals surface area (Å²) in [4.78, 5) is 0. The monoisotopic (exact) mass is 288 g/mol. The molecular weight excluding hydrogens is 268 g/mol. The zero-order valence-corrected chi connectivity index (χ0v) is 12.5. The summed E-state index contributed by atoms with van der Waals surface area (Å²) < 4.78 is 26.3. The van der Waals surface area contributed by atoms with E-state index in [1.807, 2.05) is 12.4 Å². The fourth-order valence-corrected chi connectivity index (χ4v) is 4.15. The summed E-state index contributed by atoms with van der Waals surface area (Å²) in [7, 11) is 0.134. The zero-order chi connectivity index (χ0) is 13.6. The molecule has 0 bridgehead atoms. The van der Waals surface area contributed by atoms with Gasteiger partial charge >= 0.3 is 0 Å². The highest BCUT2D eigenvalue weighted by atomic mass is 32.2. The van der Waals surface area contributed by atoms with Crippen LogP contribution in [-0.4, -0.2) is 33.4 Å². The molecule has 1 rings (SSSR count). The number of hydrogen-bond acceptors (Lipinski definition) is 4. The number of unbranched alkanes of at least 4 members (excludes halogenated alkanes) is 1. The van der Waals surface area contributed by atoms with Crippen molar-refractivity contribution in [2.24, 2.45) is 0 Å². The molecule has 0 atom stereocenters. The molecule has 0 aliphatic heterocycles. The van der Waals surface area contributed by atoms with Gasteiger partial charge in [0.1, 0.15) is 4.21 Å². The molecule has 18 heavy (non-hydrogen) atoms. The smallest absolute Gasteiger partial charge is 0.252 e. The third kappa shape index (κ3) is 3.91. The van der Waals surface area contributed by atoms with E-state index in [4.69, 9.17) is 0 Å². The zero-order valence-electron chi connectivity index (χ0n) is 10.8. The number of sulfonamides is 1. The first-order valence-corrected chi connectivity index (χ1v) is 8.13. The molecule has 0 fully saturated rings. The van der Waals surface area contributed by atoms with Crippen molar-refractivity contribution < 1.29 is 8.42 Å². The Kier molecular flexibility index (Phi) is 6.01. The van der Waals surface area contributed by atoms with Gasteiger partial charge in [0.25, 0.3) is 10.0 Å². The van der Waals surface area contributed by atoms with Crippen molar-refractivity contribution in [3.63, 3.8) is 0 Å². The molecule has 102 valence electrons. The maximum absolute atomic E-state index is 12.2. The Morgan fingerprint density at radius 3 is 2.89 bits per heavy atom. The van der Waals surface area contributed by atoms with Crippen molar-refractivity contribution in [3.05, 3.63) is 29.7 Å². The van der Waals surface area contributed by atoms with E-state index in [0.717, 1.165) is 18.4 Å². The van der Waals surface area contributed by atoms with Crippen molar-refractivity contribution in [3.8, 4) is 0 Å². The molecule has 4 nitrogen and oxygen atoms in total. The number of hydrogen-bond donors (Lipinski definition) is 1. The summed E-state index contributed by atoms with van der Waals surface area (Å²) >= 11 is 1.27. The minimum absolute atomic E-state index is 0.411. The maximum Gasteiger partial charge on any atom is 0.252 e. The van der Waals surface area contributed by atoms with E-state index in [1.165, 1.54) is 15.6 Å². The molecule has 6 heteroatoms. The van der Waals surface area contributed by atoms with Gasteiger partial charge in [-0.25, -0.2) is 12.7 Å². The van der Waals surface area contributed by atoms with Crippen LogP contribution in [0.15, 0.2) is 28.3 Å². The van der Waals surface area contributed by atoms with Gasteiger partial charge in [-0.2, -0.15) is 0 Å². The summed E-state index contributed by atoms with van der Waals surface area (Å²) in [5.41, 5.74) is 1.00. The normalized spacial score (nSPS) is 11.9. The van der Waals surface area contributed by atoms with E-state index >= 15 is 0 Å². The van der Waals surface area contributed by atoms with Crippen LogP contribution in [0.4, 0.5) is 0 Å². The van der Waals surface area contributed by atoms with Crippen LogP contribution >= 0.6 is 11.3 Å². The van der Waals surface area contributed by atoms with Gasteiger partial charge in [0.05, 0.1) is 0 Å². The van der Waals surface area contributed by atoms with E-state index in [0.29, 0.717) is 17.3 Å². The molecule has 0 amide bonds. The molecule has 0 aliphatic rings. The predicted octanol–water partition coefficient (Wildman–Crippen LogP) is 2.05. The van der Waals surface area contributed by atoms with Crippen LogP contribution in [0, 0.1) is 0 Å². The summed E-state index contributed by atoms with van der Waals surface area (Å²) in [5, 5.41) is 4.88. The van der Waals surface area contributed by atoms with Crippen molar-refractivity contribution in [2.45, 2.75) is 23.6 Å². The van der Waals surface area contributed by atoms with Crippen molar-refractivity contribution >= 4 is 21.4 Å². The van der Waals surface area contributed by atoms with E-state index in [-0.39, 0.29) is 0 Å². The summed E-state index contributed by atoms with van der Waals surface area (Å²) in [5.74, 6) is 0. The molecular formula is C12H20N2O2S2. The van der Waals surface area contributed by atoms with E-state index < -0.39 is 10.0 Å². The molecule has 0 spiro atoms. The molecule has 0 unspecified atom stereocenters. The first kappa shape index (κ1) is 15.4. The molecule has 0 saturated carbocycles. The number of thiophene rings is 1. The second-order valence-electron chi connectivity index (χ2n) is 4.06. The third-order valence-electron chi connectivity index (χ3n) is 2.56. The van der Waals surface area contributed by atoms with Gasteiger partial charge in [0, 0.05) is 20.1 Å². The summed E-state index contributed by atoms with van der Waals surface area (Å²) in [6.45, 7) is 4.84. The van der Waals surface area contributed by atoms with Gasteiger partial charge in [0.2, 0.25) is 0 Å². The molecule has 0 aliphatic carbocycles. The Hall–Kier alpha value is -0.690. The molecule has 1 heterocycles. The molecule has 1 N–H and O–H groups in total. The van der Waals surface area contributed by atoms with Gasteiger partial charge in [-0.05, 0) is 36.9 Å². The molecule has 1 aromatic rings. The van der Waals surface area contributed by atoms with Crippen LogP contribution in [0.2, 0.25) is 0 Å². The lowest BCUT2D eigenvalue weighted by Crippen LogP contribution is -2.27. The topological polar surface area (TPSA) is 49.4 Å². The van der Waals surface area contributed by atoms with Crippen LogP contribution in [0.1, 0.15) is 18.4 Å². The number of nitrogens with zero attached hydrogens (tertiary/aromatic N) is 1. The SMILES string of the molecule is C=CCCCN(C)S(=O)(=O)c1cc(CNC)cs1. The number of rotatable bonds is 8. The lowest BCUT2D eigenvalue weighted by Gasteiger charge is -2.15. The molecule has 1 aromatic heterocycles. The Labute approximate surface area is 113 Å². The first-order chi connectivity index (χ1) is 8.52. The summed E-state index contributed by atoms with van der Waals surface area (Å²) in [6, 6.07) is 1.74. The lowest BCUT2D eigenvalue weighted by molar-refractivity contribution is 0.464. The minimum atomic E-state index is -3.33. The Morgan fingerprint density at radius 1 is 1.56 bits per heavy atom. The van der Waals surface area contributed by atoms with Crippen LogP contribution in [0.3, 0.4) is 0 Å². The molecule has 0 saturated heterocycles. The minimum Gasteiger partial charge on any atom is -0.316 e.